The molecule has 71 heavy (non-hydrogen) atoms. The molecule has 10 aromatic carbocycles. The molecule has 0 radical (unpaired) electrons. The fraction of sp³-hybridized carbons (Fsp3) is 0.183. The molecule has 0 nitrogen and oxygen atoms in total. The van der Waals surface area contributed by atoms with Crippen LogP contribution in [0.2, 0.25) is 0 Å². The Morgan fingerprint density at radius 1 is 0.324 bits per heavy atom. The van der Waals surface area contributed by atoms with Gasteiger partial charge in [0.05, 0.1) is 5.41 Å². The predicted molar refractivity (Wildman–Crippen MR) is 299 cm³/mol. The monoisotopic (exact) mass is 912 g/mol. The molecule has 0 amide bonds. The summed E-state index contributed by atoms with van der Waals surface area (Å²) >= 11 is 0. The molecule has 13 rings (SSSR count). The molecule has 0 spiro atoms. The number of rotatable bonds is 7. The van der Waals surface area contributed by atoms with Gasteiger partial charge < -0.3 is 0 Å². The van der Waals surface area contributed by atoms with Gasteiger partial charge in [0.1, 0.15) is 0 Å². The summed E-state index contributed by atoms with van der Waals surface area (Å²) in [7, 11) is 0. The van der Waals surface area contributed by atoms with Crippen molar-refractivity contribution in [3.8, 4) is 44.5 Å². The molecule has 0 bridgehead atoms. The van der Waals surface area contributed by atoms with Crippen LogP contribution >= 0.6 is 0 Å². The highest BCUT2D eigenvalue weighted by molar-refractivity contribution is 5.94. The maximum atomic E-state index is 2.63. The second-order valence-corrected chi connectivity index (χ2v) is 22.6. The third-order valence-electron chi connectivity index (χ3n) is 17.3. The lowest BCUT2D eigenvalue weighted by molar-refractivity contribution is 0.331. The van der Waals surface area contributed by atoms with E-state index >= 15 is 0 Å². The van der Waals surface area contributed by atoms with Gasteiger partial charge in [-0.25, -0.2) is 0 Å². The van der Waals surface area contributed by atoms with Crippen molar-refractivity contribution in [3.05, 3.63) is 286 Å². The highest BCUT2D eigenvalue weighted by Gasteiger charge is 2.49. The van der Waals surface area contributed by atoms with E-state index in [0.717, 1.165) is 0 Å². The summed E-state index contributed by atoms with van der Waals surface area (Å²) in [6, 6.07) is 85.8. The zero-order chi connectivity index (χ0) is 48.3. The summed E-state index contributed by atoms with van der Waals surface area (Å²) in [6.45, 7) is 14.6. The molecular weight excluding hydrogens is 853 g/mol. The highest BCUT2D eigenvalue weighted by Crippen LogP contribution is 2.60. The van der Waals surface area contributed by atoms with Crippen LogP contribution in [0, 0.1) is 0 Å². The van der Waals surface area contributed by atoms with Gasteiger partial charge in [0, 0.05) is 11.3 Å². The van der Waals surface area contributed by atoms with Crippen molar-refractivity contribution in [2.45, 2.75) is 82.0 Å². The average molecular weight is 913 g/mol. The summed E-state index contributed by atoms with van der Waals surface area (Å²) in [4.78, 5) is 0. The molecule has 10 aromatic rings. The summed E-state index contributed by atoms with van der Waals surface area (Å²) in [5, 5.41) is 2.53. The van der Waals surface area contributed by atoms with Crippen LogP contribution in [-0.2, 0) is 21.7 Å². The predicted octanol–water partition coefficient (Wildman–Crippen LogP) is 18.4. The summed E-state index contributed by atoms with van der Waals surface area (Å²) in [5.41, 5.74) is 25.1. The standard InChI is InChI=1S/C71H60/c1-68(2)38-39-69(3,4)66-45-64-60(44-65(66)68)59-42-49(34-37-62(59)71(64,53-25-12-8-13-26-53)54-27-14-9-15-28-54)48-32-35-55-50(40-48)23-19-30-58(55)67(51-24-18-22-47(41-51)46-20-10-7-11-21-46)52-33-36-57-56-29-16-17-31-61(56)70(5,6)63(57)43-52/h7-37,40-45,67H,38-39H2,1-6H3. The SMILES string of the molecule is CC1(C)CCC(C)(C)c2cc3c(cc21)-c1cc(-c2ccc4c(C(c5cccc(-c6ccccc6)c5)c5ccc6c(c5)C(C)(C)c5ccccc5-6)cccc4c2)ccc1C3(c1ccccc1)c1ccccc1. The molecule has 0 aromatic heterocycles. The normalized spacial score (nSPS) is 16.6. The lowest BCUT2D eigenvalue weighted by atomic mass is 9.61. The summed E-state index contributed by atoms with van der Waals surface area (Å²) in [6.07, 6.45) is 2.36. The van der Waals surface area contributed by atoms with Crippen molar-refractivity contribution in [1.82, 2.24) is 0 Å². The highest BCUT2D eigenvalue weighted by atomic mass is 14.5. The molecule has 1 atom stereocenters. The van der Waals surface area contributed by atoms with Crippen LogP contribution in [0.1, 0.15) is 121 Å². The molecule has 3 aliphatic carbocycles. The lowest BCUT2D eigenvalue weighted by Crippen LogP contribution is -2.35. The van der Waals surface area contributed by atoms with E-state index in [0.29, 0.717) is 0 Å². The molecule has 0 saturated heterocycles. The van der Waals surface area contributed by atoms with Crippen LogP contribution < -0.4 is 0 Å². The minimum absolute atomic E-state index is 0.0128. The van der Waals surface area contributed by atoms with Crippen molar-refractivity contribution < 1.29 is 0 Å². The third-order valence-corrected chi connectivity index (χ3v) is 17.3. The Labute approximate surface area is 420 Å². The fourth-order valence-electron chi connectivity index (χ4n) is 13.5. The van der Waals surface area contributed by atoms with E-state index in [1.165, 1.54) is 129 Å². The Hall–Kier alpha value is -7.54. The molecule has 0 fully saturated rings. The Balaban J connectivity index is 0.986. The topological polar surface area (TPSA) is 0 Å². The van der Waals surface area contributed by atoms with E-state index in [2.05, 4.69) is 266 Å². The van der Waals surface area contributed by atoms with E-state index in [1.807, 2.05) is 0 Å². The van der Waals surface area contributed by atoms with Crippen LogP contribution in [-0.4, -0.2) is 0 Å². The van der Waals surface area contributed by atoms with E-state index in [4.69, 9.17) is 0 Å². The van der Waals surface area contributed by atoms with Gasteiger partial charge in [-0.2, -0.15) is 0 Å². The van der Waals surface area contributed by atoms with Crippen LogP contribution in [0.25, 0.3) is 55.3 Å². The first-order valence-corrected chi connectivity index (χ1v) is 25.8. The van der Waals surface area contributed by atoms with E-state index < -0.39 is 5.41 Å². The fourth-order valence-corrected chi connectivity index (χ4v) is 13.5. The largest absolute Gasteiger partial charge is 0.0713 e. The van der Waals surface area contributed by atoms with Gasteiger partial charge in [-0.1, -0.05) is 248 Å². The van der Waals surface area contributed by atoms with Gasteiger partial charge >= 0.3 is 0 Å². The van der Waals surface area contributed by atoms with Gasteiger partial charge in [0.25, 0.3) is 0 Å². The van der Waals surface area contributed by atoms with Crippen molar-refractivity contribution in [2.75, 3.05) is 0 Å². The molecule has 0 N–H and O–H groups in total. The number of fused-ring (bicyclic) bond motifs is 8. The summed E-state index contributed by atoms with van der Waals surface area (Å²) in [5.74, 6) is 0.0128. The number of hydrogen-bond donors (Lipinski definition) is 0. The second-order valence-electron chi connectivity index (χ2n) is 22.6. The minimum atomic E-state index is -0.459. The van der Waals surface area contributed by atoms with Gasteiger partial charge in [0.2, 0.25) is 0 Å². The lowest BCUT2D eigenvalue weighted by Gasteiger charge is -2.43. The van der Waals surface area contributed by atoms with Crippen LogP contribution in [0.15, 0.2) is 224 Å². The number of hydrogen-bond acceptors (Lipinski definition) is 0. The van der Waals surface area contributed by atoms with Gasteiger partial charge in [-0.05, 0) is 158 Å². The zero-order valence-electron chi connectivity index (χ0n) is 41.9. The van der Waals surface area contributed by atoms with E-state index in [-0.39, 0.29) is 22.2 Å². The van der Waals surface area contributed by atoms with Crippen LogP contribution in [0.5, 0.6) is 0 Å². The van der Waals surface area contributed by atoms with Crippen molar-refractivity contribution >= 4 is 10.8 Å². The molecular formula is C71H60. The Morgan fingerprint density at radius 2 is 0.887 bits per heavy atom. The average Bonchev–Trinajstić information content (AvgIpc) is 3.83. The molecule has 0 aliphatic heterocycles. The van der Waals surface area contributed by atoms with Crippen LogP contribution in [0.3, 0.4) is 0 Å². The van der Waals surface area contributed by atoms with Gasteiger partial charge in [0.15, 0.2) is 0 Å². The quantitative estimate of drug-likeness (QED) is 0.140. The maximum Gasteiger partial charge on any atom is 0.0713 e. The molecule has 3 aliphatic rings. The summed E-state index contributed by atoms with van der Waals surface area (Å²) < 4.78 is 0. The third kappa shape index (κ3) is 6.64. The first-order chi connectivity index (χ1) is 34.4. The van der Waals surface area contributed by atoms with Gasteiger partial charge in [-0.15, -0.1) is 0 Å². The minimum Gasteiger partial charge on any atom is -0.0622 e. The maximum absolute atomic E-state index is 2.63. The Kier molecular flexibility index (Phi) is 9.79. The van der Waals surface area contributed by atoms with E-state index in [1.54, 1.807) is 0 Å². The molecule has 1 unspecified atom stereocenters. The van der Waals surface area contributed by atoms with Crippen molar-refractivity contribution in [3.63, 3.8) is 0 Å². The smallest absolute Gasteiger partial charge is 0.0622 e. The number of benzene rings is 10. The van der Waals surface area contributed by atoms with Crippen LogP contribution in [0.4, 0.5) is 0 Å². The van der Waals surface area contributed by atoms with Crippen molar-refractivity contribution in [1.29, 1.82) is 0 Å². The molecule has 0 heterocycles. The first-order valence-electron chi connectivity index (χ1n) is 25.8. The second kappa shape index (κ2) is 16.0. The molecule has 0 saturated carbocycles. The van der Waals surface area contributed by atoms with E-state index in [9.17, 15) is 0 Å². The van der Waals surface area contributed by atoms with Crippen molar-refractivity contribution in [2.24, 2.45) is 0 Å². The Bertz CT molecular complexity index is 3680. The molecule has 0 heteroatoms. The first kappa shape index (κ1) is 43.5. The Morgan fingerprint density at radius 3 is 1.62 bits per heavy atom. The zero-order valence-corrected chi connectivity index (χ0v) is 41.9. The molecule has 344 valence electrons. The van der Waals surface area contributed by atoms with Gasteiger partial charge in [-0.3, -0.25) is 0 Å².